The Morgan fingerprint density at radius 3 is 2.84 bits per heavy atom. The second-order valence-corrected chi connectivity index (χ2v) is 5.24. The molecule has 2 amide bonds. The minimum Gasteiger partial charge on any atom is -0.465 e. The van der Waals surface area contributed by atoms with Crippen molar-refractivity contribution in [3.05, 3.63) is 16.3 Å². The number of esters is 1. The van der Waals surface area contributed by atoms with Crippen molar-refractivity contribution in [2.24, 2.45) is 5.92 Å². The molecule has 1 saturated heterocycles. The Morgan fingerprint density at radius 1 is 1.53 bits per heavy atom. The number of carbonyl (C=O) groups is 3. The Bertz CT molecular complexity index is 526. The van der Waals surface area contributed by atoms with Crippen LogP contribution in [-0.4, -0.2) is 43.4 Å². The van der Waals surface area contributed by atoms with Gasteiger partial charge in [0.25, 0.3) is 0 Å². The molecule has 1 aromatic heterocycles. The lowest BCUT2D eigenvalue weighted by Gasteiger charge is -2.11. The lowest BCUT2D eigenvalue weighted by Crippen LogP contribution is -2.26. The van der Waals surface area contributed by atoms with E-state index in [0.29, 0.717) is 17.1 Å². The van der Waals surface area contributed by atoms with Gasteiger partial charge in [-0.15, -0.1) is 11.3 Å². The molecule has 1 N–H and O–H groups in total. The third-order valence-electron chi connectivity index (χ3n) is 3.01. The molecule has 0 bridgehead atoms. The van der Waals surface area contributed by atoms with Crippen LogP contribution in [0.1, 0.15) is 16.1 Å². The molecule has 6 nitrogen and oxygen atoms in total. The number of hydrogen-bond donors (Lipinski definition) is 1. The largest absolute Gasteiger partial charge is 0.465 e. The number of anilines is 1. The minimum absolute atomic E-state index is 0.0429. The molecule has 1 aliphatic rings. The van der Waals surface area contributed by atoms with E-state index in [1.54, 1.807) is 18.5 Å². The van der Waals surface area contributed by atoms with Gasteiger partial charge in [-0.3, -0.25) is 9.59 Å². The van der Waals surface area contributed by atoms with Crippen molar-refractivity contribution in [2.45, 2.75) is 6.42 Å². The molecule has 1 fully saturated rings. The van der Waals surface area contributed by atoms with Crippen molar-refractivity contribution in [1.82, 2.24) is 4.90 Å². The summed E-state index contributed by atoms with van der Waals surface area (Å²) in [6.07, 6.45) is 0.208. The summed E-state index contributed by atoms with van der Waals surface area (Å²) in [5.74, 6) is -1.15. The van der Waals surface area contributed by atoms with Crippen LogP contribution in [0.2, 0.25) is 0 Å². The molecule has 1 unspecified atom stereocenters. The topological polar surface area (TPSA) is 75.7 Å². The number of nitrogens with zero attached hydrogens (tertiary/aromatic N) is 1. The van der Waals surface area contributed by atoms with Gasteiger partial charge in [0.15, 0.2) is 0 Å². The van der Waals surface area contributed by atoms with Crippen molar-refractivity contribution in [1.29, 1.82) is 0 Å². The van der Waals surface area contributed by atoms with Crippen molar-refractivity contribution >= 4 is 34.8 Å². The standard InChI is InChI=1S/C12H14N2O4S/c1-14-6-7(5-9(14)15)11(16)13-8-3-4-19-10(8)12(17)18-2/h3-4,7H,5-6H2,1-2H3,(H,13,16). The first-order chi connectivity index (χ1) is 9.02. The molecule has 1 atom stereocenters. The molecule has 2 heterocycles. The van der Waals surface area contributed by atoms with Crippen LogP contribution in [0.3, 0.4) is 0 Å². The normalized spacial score (nSPS) is 18.5. The van der Waals surface area contributed by atoms with Crippen LogP contribution in [0.5, 0.6) is 0 Å². The third-order valence-corrected chi connectivity index (χ3v) is 3.90. The van der Waals surface area contributed by atoms with Crippen LogP contribution in [0.25, 0.3) is 0 Å². The summed E-state index contributed by atoms with van der Waals surface area (Å²) in [5, 5.41) is 4.38. The highest BCUT2D eigenvalue weighted by Crippen LogP contribution is 2.25. The second kappa shape index (κ2) is 5.40. The fourth-order valence-electron chi connectivity index (χ4n) is 1.93. The van der Waals surface area contributed by atoms with Gasteiger partial charge in [0, 0.05) is 20.0 Å². The fraction of sp³-hybridized carbons (Fsp3) is 0.417. The van der Waals surface area contributed by atoms with Gasteiger partial charge < -0.3 is 15.0 Å². The van der Waals surface area contributed by atoms with E-state index in [4.69, 9.17) is 0 Å². The second-order valence-electron chi connectivity index (χ2n) is 4.32. The Balaban J connectivity index is 2.06. The smallest absolute Gasteiger partial charge is 0.350 e. The summed E-state index contributed by atoms with van der Waals surface area (Å²) in [6.45, 7) is 0.405. The number of ether oxygens (including phenoxy) is 1. The van der Waals surface area contributed by atoms with Crippen molar-refractivity contribution in [2.75, 3.05) is 26.0 Å². The van der Waals surface area contributed by atoms with Crippen LogP contribution in [0, 0.1) is 5.92 Å². The molecular weight excluding hydrogens is 268 g/mol. The van der Waals surface area contributed by atoms with Crippen LogP contribution < -0.4 is 5.32 Å². The average Bonchev–Trinajstić information content (AvgIpc) is 2.96. The summed E-state index contributed by atoms with van der Waals surface area (Å²) in [6, 6.07) is 1.65. The minimum atomic E-state index is -0.482. The maximum absolute atomic E-state index is 12.0. The van der Waals surface area contributed by atoms with E-state index < -0.39 is 5.97 Å². The predicted molar refractivity (Wildman–Crippen MR) is 70.0 cm³/mol. The molecule has 0 aromatic carbocycles. The number of nitrogens with one attached hydrogen (secondary N) is 1. The van der Waals surface area contributed by atoms with Gasteiger partial charge >= 0.3 is 5.97 Å². The van der Waals surface area contributed by atoms with Gasteiger partial charge in [-0.1, -0.05) is 0 Å². The average molecular weight is 282 g/mol. The first-order valence-corrected chi connectivity index (χ1v) is 6.61. The van der Waals surface area contributed by atoms with Crippen molar-refractivity contribution in [3.8, 4) is 0 Å². The highest BCUT2D eigenvalue weighted by atomic mass is 32.1. The van der Waals surface area contributed by atoms with E-state index in [1.807, 2.05) is 0 Å². The van der Waals surface area contributed by atoms with Gasteiger partial charge in [0.1, 0.15) is 4.88 Å². The first-order valence-electron chi connectivity index (χ1n) is 5.73. The number of carbonyl (C=O) groups excluding carboxylic acids is 3. The highest BCUT2D eigenvalue weighted by Gasteiger charge is 2.32. The van der Waals surface area contributed by atoms with Gasteiger partial charge in [-0.05, 0) is 11.4 Å². The molecule has 0 radical (unpaired) electrons. The SMILES string of the molecule is COC(=O)c1sccc1NC(=O)C1CC(=O)N(C)C1. The summed E-state index contributed by atoms with van der Waals surface area (Å²) in [4.78, 5) is 36.8. The lowest BCUT2D eigenvalue weighted by molar-refractivity contribution is -0.127. The molecule has 1 aliphatic heterocycles. The van der Waals surface area contributed by atoms with Gasteiger partial charge in [0.2, 0.25) is 11.8 Å². The van der Waals surface area contributed by atoms with Gasteiger partial charge in [-0.2, -0.15) is 0 Å². The number of amides is 2. The molecule has 0 spiro atoms. The van der Waals surface area contributed by atoms with Crippen LogP contribution in [0.4, 0.5) is 5.69 Å². The zero-order chi connectivity index (χ0) is 14.0. The summed E-state index contributed by atoms with van der Waals surface area (Å²) in [5.41, 5.74) is 0.434. The predicted octanol–water partition coefficient (Wildman–Crippen LogP) is 0.952. The first kappa shape index (κ1) is 13.5. The number of hydrogen-bond acceptors (Lipinski definition) is 5. The molecule has 0 aliphatic carbocycles. The molecule has 2 rings (SSSR count). The number of methoxy groups -OCH3 is 1. The van der Waals surface area contributed by atoms with Gasteiger partial charge in [-0.25, -0.2) is 4.79 Å². The van der Waals surface area contributed by atoms with Crippen LogP contribution in [0.15, 0.2) is 11.4 Å². The number of likely N-dealkylation sites (tertiary alicyclic amines) is 1. The van der Waals surface area contributed by atoms with E-state index in [1.165, 1.54) is 23.3 Å². The highest BCUT2D eigenvalue weighted by molar-refractivity contribution is 7.12. The maximum atomic E-state index is 12.0. The lowest BCUT2D eigenvalue weighted by atomic mass is 10.1. The Morgan fingerprint density at radius 2 is 2.26 bits per heavy atom. The quantitative estimate of drug-likeness (QED) is 0.838. The zero-order valence-electron chi connectivity index (χ0n) is 10.6. The maximum Gasteiger partial charge on any atom is 0.350 e. The molecule has 19 heavy (non-hydrogen) atoms. The van der Waals surface area contributed by atoms with E-state index in [-0.39, 0.29) is 24.2 Å². The zero-order valence-corrected chi connectivity index (χ0v) is 11.5. The molecular formula is C12H14N2O4S. The van der Waals surface area contributed by atoms with Gasteiger partial charge in [0.05, 0.1) is 18.7 Å². The molecule has 0 saturated carbocycles. The van der Waals surface area contributed by atoms with Crippen molar-refractivity contribution in [3.63, 3.8) is 0 Å². The number of rotatable bonds is 3. The Hall–Kier alpha value is -1.89. The van der Waals surface area contributed by atoms with Crippen LogP contribution >= 0.6 is 11.3 Å². The monoisotopic (exact) mass is 282 g/mol. The molecule has 1 aromatic rings. The Labute approximate surface area is 114 Å². The van der Waals surface area contributed by atoms with Crippen molar-refractivity contribution < 1.29 is 19.1 Å². The summed E-state index contributed by atoms with van der Waals surface area (Å²) in [7, 11) is 2.96. The molecule has 102 valence electrons. The Kier molecular flexibility index (Phi) is 3.84. The summed E-state index contributed by atoms with van der Waals surface area (Å²) >= 11 is 1.20. The summed E-state index contributed by atoms with van der Waals surface area (Å²) < 4.78 is 4.63. The third kappa shape index (κ3) is 2.76. The number of thiophene rings is 1. The van der Waals surface area contributed by atoms with Crippen LogP contribution in [-0.2, 0) is 14.3 Å². The van der Waals surface area contributed by atoms with E-state index >= 15 is 0 Å². The van der Waals surface area contributed by atoms with E-state index in [2.05, 4.69) is 10.1 Å². The van der Waals surface area contributed by atoms with E-state index in [0.717, 1.165) is 0 Å². The van der Waals surface area contributed by atoms with E-state index in [9.17, 15) is 14.4 Å². The molecule has 7 heteroatoms. The fourth-order valence-corrected chi connectivity index (χ4v) is 2.70.